The van der Waals surface area contributed by atoms with E-state index in [0.29, 0.717) is 39.7 Å². The number of amides is 1. The van der Waals surface area contributed by atoms with Gasteiger partial charge in [-0.05, 0) is 24.8 Å². The maximum Gasteiger partial charge on any atom is 0.293 e. The van der Waals surface area contributed by atoms with Gasteiger partial charge in [0.15, 0.2) is 0 Å². The number of hydrogen-bond donors (Lipinski definition) is 1. The molecule has 0 spiro atoms. The molecular weight excluding hydrogens is 395 g/mol. The van der Waals surface area contributed by atoms with Gasteiger partial charge in [-0.2, -0.15) is 0 Å². The molecule has 0 bridgehead atoms. The predicted molar refractivity (Wildman–Crippen MR) is 99.8 cm³/mol. The van der Waals surface area contributed by atoms with Crippen LogP contribution in [0.1, 0.15) is 22.5 Å². The molecule has 144 valence electrons. The van der Waals surface area contributed by atoms with Crippen LogP contribution in [0.15, 0.2) is 12.1 Å². The van der Waals surface area contributed by atoms with Gasteiger partial charge < -0.3 is 20.1 Å². The summed E-state index contributed by atoms with van der Waals surface area (Å²) in [4.78, 5) is 25.0. The highest BCUT2D eigenvalue weighted by Gasteiger charge is 2.44. The summed E-state index contributed by atoms with van der Waals surface area (Å²) < 4.78 is 25.0. The monoisotopic (exact) mass is 412 g/mol. The molecule has 27 heavy (non-hydrogen) atoms. The number of benzene rings is 1. The van der Waals surface area contributed by atoms with Crippen molar-refractivity contribution in [2.45, 2.75) is 18.4 Å². The van der Waals surface area contributed by atoms with Crippen LogP contribution in [-0.2, 0) is 9.53 Å². The Labute approximate surface area is 164 Å². The Balaban J connectivity index is 1.57. The summed E-state index contributed by atoms with van der Waals surface area (Å²) in [6, 6.07) is 2.66. The van der Waals surface area contributed by atoms with Gasteiger partial charge in [-0.3, -0.25) is 9.59 Å². The first-order valence-electron chi connectivity index (χ1n) is 8.58. The molecule has 0 atom stereocenters. The Bertz CT molecular complexity index is 908. The number of rotatable bonds is 7. The van der Waals surface area contributed by atoms with Gasteiger partial charge >= 0.3 is 0 Å². The molecule has 1 amide bonds. The highest BCUT2D eigenvalue weighted by molar-refractivity contribution is 7.21. The molecule has 0 radical (unpaired) electrons. The second-order valence-corrected chi connectivity index (χ2v) is 8.64. The number of carbonyl (C=O) groups is 2. The van der Waals surface area contributed by atoms with Gasteiger partial charge in [-0.15, -0.1) is 11.3 Å². The predicted octanol–water partition coefficient (Wildman–Crippen LogP) is 2.81. The zero-order valence-electron chi connectivity index (χ0n) is 14.4. The topological polar surface area (TPSA) is 81.9 Å². The number of nitrogens with zero attached hydrogens (tertiary/aromatic N) is 1. The van der Waals surface area contributed by atoms with Crippen LogP contribution >= 0.6 is 22.9 Å². The third-order valence-electron chi connectivity index (χ3n) is 4.76. The second kappa shape index (κ2) is 6.92. The Morgan fingerprint density at radius 2 is 2.19 bits per heavy atom. The summed E-state index contributed by atoms with van der Waals surface area (Å²) >= 11 is 7.61. The Morgan fingerprint density at radius 3 is 2.85 bits per heavy atom. The number of thiophene rings is 1. The fraction of sp³-hybridized carbons (Fsp3) is 0.444. The van der Waals surface area contributed by atoms with Crippen LogP contribution in [0.3, 0.4) is 0 Å². The van der Waals surface area contributed by atoms with Crippen molar-refractivity contribution in [3.05, 3.63) is 27.8 Å². The molecule has 6 nitrogen and oxygen atoms in total. The molecule has 1 aromatic carbocycles. The van der Waals surface area contributed by atoms with E-state index >= 15 is 0 Å². The van der Waals surface area contributed by atoms with Crippen molar-refractivity contribution in [1.82, 2.24) is 4.90 Å². The maximum absolute atomic E-state index is 14.0. The SMILES string of the molecule is NC1(COC=O)CN(C(=O)c2sc3cc(F)cc(OCC4CC4)c3c2Cl)C1. The first-order chi connectivity index (χ1) is 12.9. The van der Waals surface area contributed by atoms with Crippen LogP contribution in [0, 0.1) is 11.7 Å². The Kier molecular flexibility index (Phi) is 4.73. The van der Waals surface area contributed by atoms with Crippen molar-refractivity contribution in [2.75, 3.05) is 26.3 Å². The molecular formula is C18H18ClFN2O4S. The Hall–Kier alpha value is -1.90. The number of carbonyl (C=O) groups excluding carboxylic acids is 2. The molecule has 2 N–H and O–H groups in total. The number of likely N-dealkylation sites (tertiary alicyclic amines) is 1. The van der Waals surface area contributed by atoms with Gasteiger partial charge in [0.1, 0.15) is 23.1 Å². The van der Waals surface area contributed by atoms with Gasteiger partial charge in [0.05, 0.1) is 22.6 Å². The lowest BCUT2D eigenvalue weighted by Crippen LogP contribution is -2.70. The summed E-state index contributed by atoms with van der Waals surface area (Å²) in [6.07, 6.45) is 2.23. The first-order valence-corrected chi connectivity index (χ1v) is 9.77. The summed E-state index contributed by atoms with van der Waals surface area (Å²) in [5.41, 5.74) is 5.30. The van der Waals surface area contributed by atoms with Crippen LogP contribution < -0.4 is 10.5 Å². The molecule has 9 heteroatoms. The molecule has 2 fully saturated rings. The average Bonchev–Trinajstić information content (AvgIpc) is 3.38. The van der Waals surface area contributed by atoms with E-state index in [4.69, 9.17) is 26.8 Å². The number of halogens is 2. The van der Waals surface area contributed by atoms with Gasteiger partial charge in [0.2, 0.25) is 0 Å². The summed E-state index contributed by atoms with van der Waals surface area (Å²) in [6.45, 7) is 1.41. The fourth-order valence-electron chi connectivity index (χ4n) is 3.16. The number of fused-ring (bicyclic) bond motifs is 1. The molecule has 2 aliphatic rings. The third-order valence-corrected chi connectivity index (χ3v) is 6.38. The second-order valence-electron chi connectivity index (χ2n) is 7.21. The first kappa shape index (κ1) is 18.5. The van der Waals surface area contributed by atoms with Gasteiger partial charge in [-0.1, -0.05) is 11.6 Å². The molecule has 1 aromatic heterocycles. The van der Waals surface area contributed by atoms with Crippen LogP contribution in [0.25, 0.3) is 10.1 Å². The molecule has 1 aliphatic carbocycles. The summed E-state index contributed by atoms with van der Waals surface area (Å²) in [5, 5.41) is 0.834. The quantitative estimate of drug-likeness (QED) is 0.707. The van der Waals surface area contributed by atoms with Crippen molar-refractivity contribution in [3.63, 3.8) is 0 Å². The lowest BCUT2D eigenvalue weighted by molar-refractivity contribution is -0.132. The minimum Gasteiger partial charge on any atom is -0.492 e. The molecule has 1 saturated carbocycles. The maximum atomic E-state index is 14.0. The average molecular weight is 413 g/mol. The molecule has 1 saturated heterocycles. The minimum atomic E-state index is -0.746. The smallest absolute Gasteiger partial charge is 0.293 e. The minimum absolute atomic E-state index is 0.0464. The van der Waals surface area contributed by atoms with Crippen molar-refractivity contribution in [2.24, 2.45) is 11.7 Å². The van der Waals surface area contributed by atoms with E-state index in [1.54, 1.807) is 0 Å². The standard InChI is InChI=1S/C18H18ClFN2O4S/c19-15-14-12(26-5-10-1-2-10)3-11(20)4-13(14)27-16(15)17(24)22-6-18(21,7-22)8-25-9-23/h3-4,9-10H,1-2,5-8,21H2. The largest absolute Gasteiger partial charge is 0.492 e. The van der Waals surface area contributed by atoms with E-state index in [-0.39, 0.29) is 30.6 Å². The lowest BCUT2D eigenvalue weighted by Gasteiger charge is -2.46. The lowest BCUT2D eigenvalue weighted by atomic mass is 9.92. The van der Waals surface area contributed by atoms with Gasteiger partial charge in [0, 0.05) is 23.9 Å². The van der Waals surface area contributed by atoms with Crippen LogP contribution in [-0.4, -0.2) is 49.1 Å². The molecule has 2 heterocycles. The van der Waals surface area contributed by atoms with Crippen molar-refractivity contribution >= 4 is 45.4 Å². The van der Waals surface area contributed by atoms with E-state index in [9.17, 15) is 14.0 Å². The highest BCUT2D eigenvalue weighted by Crippen LogP contribution is 2.43. The fourth-order valence-corrected chi connectivity index (χ4v) is 4.71. The van der Waals surface area contributed by atoms with E-state index in [1.165, 1.54) is 17.0 Å². The summed E-state index contributed by atoms with van der Waals surface area (Å²) in [7, 11) is 0. The van der Waals surface area contributed by atoms with Crippen LogP contribution in [0.4, 0.5) is 4.39 Å². The molecule has 1 aliphatic heterocycles. The zero-order chi connectivity index (χ0) is 19.2. The van der Waals surface area contributed by atoms with Crippen LogP contribution in [0.5, 0.6) is 5.75 Å². The number of hydrogen-bond acceptors (Lipinski definition) is 6. The molecule has 2 aromatic rings. The Morgan fingerprint density at radius 1 is 1.44 bits per heavy atom. The van der Waals surface area contributed by atoms with E-state index in [2.05, 4.69) is 0 Å². The van der Waals surface area contributed by atoms with Crippen molar-refractivity contribution < 1.29 is 23.5 Å². The van der Waals surface area contributed by atoms with E-state index in [1.807, 2.05) is 0 Å². The number of ether oxygens (including phenoxy) is 2. The summed E-state index contributed by atoms with van der Waals surface area (Å²) in [5.74, 6) is 0.172. The molecule has 4 rings (SSSR count). The third kappa shape index (κ3) is 3.61. The van der Waals surface area contributed by atoms with E-state index < -0.39 is 11.4 Å². The highest BCUT2D eigenvalue weighted by atomic mass is 35.5. The zero-order valence-corrected chi connectivity index (χ0v) is 15.9. The van der Waals surface area contributed by atoms with Crippen molar-refractivity contribution in [3.8, 4) is 5.75 Å². The molecule has 0 unspecified atom stereocenters. The normalized spacial score (nSPS) is 18.3. The van der Waals surface area contributed by atoms with Gasteiger partial charge in [-0.25, -0.2) is 4.39 Å². The van der Waals surface area contributed by atoms with Crippen LogP contribution in [0.2, 0.25) is 5.02 Å². The van der Waals surface area contributed by atoms with E-state index in [0.717, 1.165) is 24.2 Å². The number of nitrogens with two attached hydrogens (primary N) is 1. The van der Waals surface area contributed by atoms with Gasteiger partial charge in [0.25, 0.3) is 12.4 Å². The van der Waals surface area contributed by atoms with Crippen molar-refractivity contribution in [1.29, 1.82) is 0 Å².